The average molecular weight is 379 g/mol. The number of imidazole rings is 1. The highest BCUT2D eigenvalue weighted by molar-refractivity contribution is 7.99. The van der Waals surface area contributed by atoms with Gasteiger partial charge in [-0.25, -0.2) is 4.98 Å². The predicted molar refractivity (Wildman–Crippen MR) is 109 cm³/mol. The van der Waals surface area contributed by atoms with E-state index in [0.29, 0.717) is 0 Å². The van der Waals surface area contributed by atoms with E-state index in [2.05, 4.69) is 10.3 Å². The molecule has 3 rings (SSSR count). The SMILES string of the molecule is COc1ccc(C)cc1/C=C/C(=O)Nc1ccc(Sc2nccn2C)cc1. The van der Waals surface area contributed by atoms with Gasteiger partial charge in [-0.2, -0.15) is 0 Å². The number of carbonyl (C=O) groups is 1. The molecule has 0 fully saturated rings. The Balaban J connectivity index is 1.62. The van der Waals surface area contributed by atoms with Crippen molar-refractivity contribution in [1.82, 2.24) is 9.55 Å². The second kappa shape index (κ2) is 8.60. The minimum Gasteiger partial charge on any atom is -0.496 e. The first kappa shape index (κ1) is 18.8. The van der Waals surface area contributed by atoms with Crippen LogP contribution in [-0.2, 0) is 11.8 Å². The lowest BCUT2D eigenvalue weighted by molar-refractivity contribution is -0.111. The van der Waals surface area contributed by atoms with Crippen LogP contribution in [0.1, 0.15) is 11.1 Å². The summed E-state index contributed by atoms with van der Waals surface area (Å²) in [6, 6.07) is 13.5. The summed E-state index contributed by atoms with van der Waals surface area (Å²) in [5.41, 5.74) is 2.72. The van der Waals surface area contributed by atoms with Crippen molar-refractivity contribution in [2.45, 2.75) is 17.0 Å². The Bertz CT molecular complexity index is 962. The van der Waals surface area contributed by atoms with Crippen molar-refractivity contribution in [2.75, 3.05) is 12.4 Å². The fourth-order valence-electron chi connectivity index (χ4n) is 2.50. The topological polar surface area (TPSA) is 56.1 Å². The van der Waals surface area contributed by atoms with Crippen LogP contribution in [0.5, 0.6) is 5.75 Å². The maximum atomic E-state index is 12.2. The van der Waals surface area contributed by atoms with Gasteiger partial charge in [-0.15, -0.1) is 0 Å². The number of anilines is 1. The molecule has 27 heavy (non-hydrogen) atoms. The molecule has 5 nitrogen and oxygen atoms in total. The molecule has 1 heterocycles. The zero-order valence-electron chi connectivity index (χ0n) is 15.5. The van der Waals surface area contributed by atoms with Gasteiger partial charge < -0.3 is 14.6 Å². The fraction of sp³-hybridized carbons (Fsp3) is 0.143. The summed E-state index contributed by atoms with van der Waals surface area (Å²) in [6.45, 7) is 2.00. The first-order valence-corrected chi connectivity index (χ1v) is 9.26. The molecular weight excluding hydrogens is 358 g/mol. The quantitative estimate of drug-likeness (QED) is 0.639. The van der Waals surface area contributed by atoms with E-state index in [1.807, 2.05) is 67.2 Å². The number of methoxy groups -OCH3 is 1. The Morgan fingerprint density at radius 1 is 1.22 bits per heavy atom. The summed E-state index contributed by atoms with van der Waals surface area (Å²) in [5.74, 6) is 0.545. The van der Waals surface area contributed by atoms with Crippen LogP contribution in [0.25, 0.3) is 6.08 Å². The summed E-state index contributed by atoms with van der Waals surface area (Å²) in [5, 5.41) is 3.78. The van der Waals surface area contributed by atoms with Crippen molar-refractivity contribution in [3.05, 3.63) is 72.1 Å². The van der Waals surface area contributed by atoms with Gasteiger partial charge in [-0.05, 0) is 49.4 Å². The number of aromatic nitrogens is 2. The molecular formula is C21H21N3O2S. The third-order valence-corrected chi connectivity index (χ3v) is 4.99. The van der Waals surface area contributed by atoms with E-state index >= 15 is 0 Å². The maximum Gasteiger partial charge on any atom is 0.248 e. The predicted octanol–water partition coefficient (Wildman–Crippen LogP) is 4.54. The molecule has 138 valence electrons. The van der Waals surface area contributed by atoms with Crippen LogP contribution >= 0.6 is 11.8 Å². The molecule has 3 aromatic rings. The molecule has 0 aliphatic heterocycles. The maximum absolute atomic E-state index is 12.2. The van der Waals surface area contributed by atoms with Crippen LogP contribution in [0.15, 0.2) is 71.0 Å². The van der Waals surface area contributed by atoms with Gasteiger partial charge in [0.15, 0.2) is 5.16 Å². The number of ether oxygens (including phenoxy) is 1. The number of nitrogens with zero attached hydrogens (tertiary/aromatic N) is 2. The first-order chi connectivity index (χ1) is 13.0. The highest BCUT2D eigenvalue weighted by Gasteiger charge is 2.04. The number of hydrogen-bond donors (Lipinski definition) is 1. The standard InChI is InChI=1S/C21H21N3O2S/c1-15-4-10-19(26-3)16(14-15)5-11-20(25)23-17-6-8-18(9-7-17)27-21-22-12-13-24(21)2/h4-14H,1-3H3,(H,23,25)/b11-5+. The van der Waals surface area contributed by atoms with Crippen molar-refractivity contribution in [3.63, 3.8) is 0 Å². The second-order valence-electron chi connectivity index (χ2n) is 6.02. The molecule has 6 heteroatoms. The molecule has 0 unspecified atom stereocenters. The second-order valence-corrected chi connectivity index (χ2v) is 7.06. The number of benzene rings is 2. The molecule has 1 aromatic heterocycles. The van der Waals surface area contributed by atoms with Gasteiger partial charge in [0.2, 0.25) is 5.91 Å². The van der Waals surface area contributed by atoms with Crippen LogP contribution in [-0.4, -0.2) is 22.6 Å². The average Bonchev–Trinajstić information content (AvgIpc) is 3.06. The third kappa shape index (κ3) is 5.01. The normalized spacial score (nSPS) is 10.9. The number of hydrogen-bond acceptors (Lipinski definition) is 4. The zero-order valence-corrected chi connectivity index (χ0v) is 16.3. The van der Waals surface area contributed by atoms with Gasteiger partial charge in [0.1, 0.15) is 5.75 Å². The van der Waals surface area contributed by atoms with Gasteiger partial charge in [0.05, 0.1) is 7.11 Å². The number of amides is 1. The van der Waals surface area contributed by atoms with Crippen molar-refractivity contribution in [2.24, 2.45) is 7.05 Å². The molecule has 0 saturated heterocycles. The summed E-state index contributed by atoms with van der Waals surface area (Å²) in [6.07, 6.45) is 6.94. The highest BCUT2D eigenvalue weighted by atomic mass is 32.2. The lowest BCUT2D eigenvalue weighted by Gasteiger charge is -2.06. The lowest BCUT2D eigenvalue weighted by Crippen LogP contribution is -2.07. The Hall–Kier alpha value is -2.99. The Morgan fingerprint density at radius 3 is 2.67 bits per heavy atom. The fourth-order valence-corrected chi connectivity index (χ4v) is 3.30. The van der Waals surface area contributed by atoms with Crippen molar-refractivity contribution in [1.29, 1.82) is 0 Å². The smallest absolute Gasteiger partial charge is 0.248 e. The largest absolute Gasteiger partial charge is 0.496 e. The van der Waals surface area contributed by atoms with Crippen LogP contribution < -0.4 is 10.1 Å². The summed E-state index contributed by atoms with van der Waals surface area (Å²) in [7, 11) is 3.58. The number of carbonyl (C=O) groups excluding carboxylic acids is 1. The Labute approximate surface area is 163 Å². The van der Waals surface area contributed by atoms with E-state index < -0.39 is 0 Å². The molecule has 0 bridgehead atoms. The molecule has 1 N–H and O–H groups in total. The van der Waals surface area contributed by atoms with Gasteiger partial charge in [-0.1, -0.05) is 23.4 Å². The van der Waals surface area contributed by atoms with E-state index in [-0.39, 0.29) is 5.91 Å². The summed E-state index contributed by atoms with van der Waals surface area (Å²) >= 11 is 1.57. The van der Waals surface area contributed by atoms with Crippen LogP contribution in [0.2, 0.25) is 0 Å². The van der Waals surface area contributed by atoms with Crippen LogP contribution in [0, 0.1) is 6.92 Å². The van der Waals surface area contributed by atoms with Gasteiger partial charge >= 0.3 is 0 Å². The monoisotopic (exact) mass is 379 g/mol. The number of nitrogens with one attached hydrogen (secondary N) is 1. The van der Waals surface area contributed by atoms with E-state index in [1.54, 1.807) is 31.1 Å². The highest BCUT2D eigenvalue weighted by Crippen LogP contribution is 2.27. The minimum atomic E-state index is -0.192. The molecule has 0 aliphatic rings. The summed E-state index contributed by atoms with van der Waals surface area (Å²) in [4.78, 5) is 17.5. The van der Waals surface area contributed by atoms with Crippen molar-refractivity contribution >= 4 is 29.4 Å². The molecule has 0 saturated carbocycles. The van der Waals surface area contributed by atoms with Crippen LogP contribution in [0.3, 0.4) is 0 Å². The van der Waals surface area contributed by atoms with Crippen molar-refractivity contribution < 1.29 is 9.53 Å². The molecule has 0 radical (unpaired) electrons. The van der Waals surface area contributed by atoms with Gasteiger partial charge in [0, 0.05) is 41.7 Å². The molecule has 0 aliphatic carbocycles. The first-order valence-electron chi connectivity index (χ1n) is 8.44. The Kier molecular flexibility index (Phi) is 5.98. The number of rotatable bonds is 6. The summed E-state index contributed by atoms with van der Waals surface area (Å²) < 4.78 is 7.29. The zero-order chi connectivity index (χ0) is 19.2. The third-order valence-electron chi connectivity index (χ3n) is 3.91. The van der Waals surface area contributed by atoms with Crippen molar-refractivity contribution in [3.8, 4) is 5.75 Å². The van der Waals surface area contributed by atoms with E-state index in [9.17, 15) is 4.79 Å². The Morgan fingerprint density at radius 2 is 2.00 bits per heavy atom. The lowest BCUT2D eigenvalue weighted by atomic mass is 10.1. The molecule has 2 aromatic carbocycles. The van der Waals surface area contributed by atoms with Crippen LogP contribution in [0.4, 0.5) is 5.69 Å². The molecule has 0 spiro atoms. The number of aryl methyl sites for hydroxylation is 2. The molecule has 1 amide bonds. The van der Waals surface area contributed by atoms with E-state index in [1.165, 1.54) is 6.08 Å². The minimum absolute atomic E-state index is 0.192. The van der Waals surface area contributed by atoms with E-state index in [4.69, 9.17) is 4.74 Å². The van der Waals surface area contributed by atoms with Gasteiger partial charge in [-0.3, -0.25) is 4.79 Å². The van der Waals surface area contributed by atoms with E-state index in [0.717, 1.165) is 32.6 Å². The molecule has 0 atom stereocenters. The van der Waals surface area contributed by atoms with Gasteiger partial charge in [0.25, 0.3) is 0 Å².